The fourth-order valence-electron chi connectivity index (χ4n) is 3.34. The Hall–Kier alpha value is -3.47. The first-order chi connectivity index (χ1) is 16.9. The maximum absolute atomic E-state index is 12.4. The van der Waals surface area contributed by atoms with Crippen molar-refractivity contribution < 1.29 is 19.0 Å². The maximum atomic E-state index is 12.4. The third kappa shape index (κ3) is 6.56. The number of methoxy groups -OCH3 is 3. The molecular weight excluding hydrogens is 468 g/mol. The Morgan fingerprint density at radius 3 is 2.46 bits per heavy atom. The van der Waals surface area contributed by atoms with Gasteiger partial charge >= 0.3 is 0 Å². The summed E-state index contributed by atoms with van der Waals surface area (Å²) in [5.74, 6) is 2.57. The minimum Gasteiger partial charge on any atom is -0.493 e. The topological polar surface area (TPSA) is 112 Å². The van der Waals surface area contributed by atoms with Gasteiger partial charge in [-0.05, 0) is 35.9 Å². The third-order valence-corrected chi connectivity index (χ3v) is 5.62. The largest absolute Gasteiger partial charge is 0.493 e. The van der Waals surface area contributed by atoms with E-state index in [-0.39, 0.29) is 5.91 Å². The van der Waals surface area contributed by atoms with Crippen molar-refractivity contribution in [3.63, 3.8) is 0 Å². The predicted molar refractivity (Wildman–Crippen MR) is 139 cm³/mol. The lowest BCUT2D eigenvalue weighted by Gasteiger charge is -2.12. The summed E-state index contributed by atoms with van der Waals surface area (Å²) in [7, 11) is 4.64. The number of nitrogens with zero attached hydrogens (tertiary/aromatic N) is 4. The number of hydrogen-bond acceptors (Lipinski definition) is 9. The van der Waals surface area contributed by atoms with Gasteiger partial charge in [0.15, 0.2) is 22.3 Å². The second-order valence-corrected chi connectivity index (χ2v) is 8.80. The SMILES string of the molecule is COc1cc(C=CC(=O)NCCn2ncc3c(NCC(C)C)nc(SC)nc32)cc(OC)c1OC. The lowest BCUT2D eigenvalue weighted by atomic mass is 10.1. The molecule has 2 N–H and O–H groups in total. The monoisotopic (exact) mass is 500 g/mol. The van der Waals surface area contributed by atoms with Crippen molar-refractivity contribution in [2.24, 2.45) is 5.92 Å². The summed E-state index contributed by atoms with van der Waals surface area (Å²) in [6.45, 7) is 5.95. The molecule has 3 aromatic rings. The van der Waals surface area contributed by atoms with E-state index in [1.54, 1.807) is 50.4 Å². The van der Waals surface area contributed by atoms with Crippen molar-refractivity contribution in [2.75, 3.05) is 46.0 Å². The molecule has 0 aliphatic rings. The summed E-state index contributed by atoms with van der Waals surface area (Å²) >= 11 is 1.48. The minimum atomic E-state index is -0.228. The molecule has 35 heavy (non-hydrogen) atoms. The minimum absolute atomic E-state index is 0.228. The van der Waals surface area contributed by atoms with Crippen molar-refractivity contribution in [3.05, 3.63) is 30.0 Å². The lowest BCUT2D eigenvalue weighted by Crippen LogP contribution is -2.25. The van der Waals surface area contributed by atoms with Gasteiger partial charge in [-0.15, -0.1) is 0 Å². The van der Waals surface area contributed by atoms with Crippen LogP contribution in [0.25, 0.3) is 17.1 Å². The van der Waals surface area contributed by atoms with Crippen LogP contribution in [0.15, 0.2) is 29.6 Å². The molecule has 0 spiro atoms. The van der Waals surface area contributed by atoms with E-state index in [1.807, 2.05) is 6.26 Å². The van der Waals surface area contributed by atoms with E-state index in [4.69, 9.17) is 14.2 Å². The van der Waals surface area contributed by atoms with E-state index >= 15 is 0 Å². The number of thioether (sulfide) groups is 1. The molecule has 0 unspecified atom stereocenters. The van der Waals surface area contributed by atoms with Crippen molar-refractivity contribution in [1.82, 2.24) is 25.1 Å². The van der Waals surface area contributed by atoms with E-state index in [2.05, 4.69) is 39.5 Å². The standard InChI is InChI=1S/C24H32N6O4S/c1-15(2)13-26-22-17-14-27-30(23(17)29-24(28-22)35-6)10-9-25-20(31)8-7-16-11-18(32-3)21(34-5)19(12-16)33-4/h7-8,11-12,14-15H,9-10,13H2,1-6H3,(H,25,31)(H,26,28,29). The highest BCUT2D eigenvalue weighted by molar-refractivity contribution is 7.98. The molecule has 188 valence electrons. The van der Waals surface area contributed by atoms with Crippen LogP contribution in [0.3, 0.4) is 0 Å². The number of carbonyl (C=O) groups excluding carboxylic acids is 1. The molecule has 2 aromatic heterocycles. The van der Waals surface area contributed by atoms with E-state index in [0.29, 0.717) is 41.4 Å². The van der Waals surface area contributed by atoms with Crippen LogP contribution < -0.4 is 24.8 Å². The number of benzene rings is 1. The summed E-state index contributed by atoms with van der Waals surface area (Å²) in [5.41, 5.74) is 1.48. The van der Waals surface area contributed by atoms with Crippen molar-refractivity contribution >= 4 is 40.6 Å². The summed E-state index contributed by atoms with van der Waals surface area (Å²) < 4.78 is 17.8. The summed E-state index contributed by atoms with van der Waals surface area (Å²) in [6.07, 6.45) is 6.85. The molecule has 0 saturated heterocycles. The highest BCUT2D eigenvalue weighted by Crippen LogP contribution is 2.38. The molecule has 0 aliphatic carbocycles. The molecule has 0 bridgehead atoms. The Bertz CT molecular complexity index is 1170. The molecule has 0 saturated carbocycles. The van der Waals surface area contributed by atoms with E-state index in [9.17, 15) is 4.79 Å². The van der Waals surface area contributed by atoms with Crippen LogP contribution in [0.4, 0.5) is 5.82 Å². The number of hydrogen-bond donors (Lipinski definition) is 2. The van der Waals surface area contributed by atoms with Gasteiger partial charge in [0.05, 0.1) is 39.5 Å². The van der Waals surface area contributed by atoms with Crippen LogP contribution in [0, 0.1) is 5.92 Å². The first-order valence-corrected chi connectivity index (χ1v) is 12.4. The molecule has 0 atom stereocenters. The number of amides is 1. The van der Waals surface area contributed by atoms with Gasteiger partial charge in [0.25, 0.3) is 0 Å². The highest BCUT2D eigenvalue weighted by Gasteiger charge is 2.14. The first-order valence-electron chi connectivity index (χ1n) is 11.2. The number of nitrogens with one attached hydrogen (secondary N) is 2. The van der Waals surface area contributed by atoms with Gasteiger partial charge in [-0.3, -0.25) is 4.79 Å². The normalized spacial score (nSPS) is 11.3. The van der Waals surface area contributed by atoms with Crippen LogP contribution in [-0.2, 0) is 11.3 Å². The Balaban J connectivity index is 1.66. The maximum Gasteiger partial charge on any atom is 0.244 e. The number of fused-ring (bicyclic) bond motifs is 1. The van der Waals surface area contributed by atoms with Crippen LogP contribution in [-0.4, -0.2) is 66.3 Å². The first kappa shape index (κ1) is 26.1. The molecule has 1 aromatic carbocycles. The van der Waals surface area contributed by atoms with E-state index in [1.165, 1.54) is 17.8 Å². The molecule has 0 fully saturated rings. The lowest BCUT2D eigenvalue weighted by molar-refractivity contribution is -0.116. The second kappa shape index (κ2) is 12.3. The molecule has 0 aliphatic heterocycles. The van der Waals surface area contributed by atoms with Crippen molar-refractivity contribution in [3.8, 4) is 17.2 Å². The number of anilines is 1. The smallest absolute Gasteiger partial charge is 0.244 e. The van der Waals surface area contributed by atoms with Gasteiger partial charge in [0.1, 0.15) is 5.82 Å². The van der Waals surface area contributed by atoms with Gasteiger partial charge in [-0.2, -0.15) is 5.10 Å². The third-order valence-electron chi connectivity index (χ3n) is 5.07. The Kier molecular flexibility index (Phi) is 9.18. The van der Waals surface area contributed by atoms with Gasteiger partial charge < -0.3 is 24.8 Å². The predicted octanol–water partition coefficient (Wildman–Crippen LogP) is 3.47. The van der Waals surface area contributed by atoms with Gasteiger partial charge in [-0.1, -0.05) is 25.6 Å². The van der Waals surface area contributed by atoms with Gasteiger partial charge in [0, 0.05) is 19.2 Å². The van der Waals surface area contributed by atoms with E-state index in [0.717, 1.165) is 29.0 Å². The molecule has 2 heterocycles. The van der Waals surface area contributed by atoms with E-state index < -0.39 is 0 Å². The quantitative estimate of drug-likeness (QED) is 0.219. The zero-order valence-electron chi connectivity index (χ0n) is 20.9. The number of aromatic nitrogens is 4. The van der Waals surface area contributed by atoms with Crippen molar-refractivity contribution in [2.45, 2.75) is 25.5 Å². The Morgan fingerprint density at radius 2 is 1.86 bits per heavy atom. The van der Waals surface area contributed by atoms with Crippen LogP contribution >= 0.6 is 11.8 Å². The second-order valence-electron chi connectivity index (χ2n) is 8.02. The number of ether oxygens (including phenoxy) is 3. The highest BCUT2D eigenvalue weighted by atomic mass is 32.2. The molecule has 0 radical (unpaired) electrons. The van der Waals surface area contributed by atoms with Gasteiger partial charge in [-0.25, -0.2) is 14.6 Å². The fourth-order valence-corrected chi connectivity index (χ4v) is 3.70. The molecule has 1 amide bonds. The zero-order valence-corrected chi connectivity index (χ0v) is 21.7. The summed E-state index contributed by atoms with van der Waals surface area (Å²) in [5, 5.41) is 12.3. The number of carbonyl (C=O) groups is 1. The molecule has 11 heteroatoms. The zero-order chi connectivity index (χ0) is 25.4. The molecule has 10 nitrogen and oxygen atoms in total. The average molecular weight is 501 g/mol. The average Bonchev–Trinajstić information content (AvgIpc) is 3.27. The Morgan fingerprint density at radius 1 is 1.14 bits per heavy atom. The summed E-state index contributed by atoms with van der Waals surface area (Å²) in [4.78, 5) is 21.6. The summed E-state index contributed by atoms with van der Waals surface area (Å²) in [6, 6.07) is 3.55. The molecule has 3 rings (SSSR count). The fraction of sp³-hybridized carbons (Fsp3) is 0.417. The molecular formula is C24H32N6O4S. The van der Waals surface area contributed by atoms with Gasteiger partial charge in [0.2, 0.25) is 11.7 Å². The Labute approximate surface area is 209 Å². The number of rotatable bonds is 12. The van der Waals surface area contributed by atoms with Crippen LogP contribution in [0.5, 0.6) is 17.2 Å². The van der Waals surface area contributed by atoms with Crippen LogP contribution in [0.2, 0.25) is 0 Å². The van der Waals surface area contributed by atoms with Crippen LogP contribution in [0.1, 0.15) is 19.4 Å². The van der Waals surface area contributed by atoms with Crippen molar-refractivity contribution in [1.29, 1.82) is 0 Å².